The number of aliphatic hydroxyl groups excluding tert-OH is 1. The lowest BCUT2D eigenvalue weighted by atomic mass is 10.1. The molecule has 0 saturated heterocycles. The standard InChI is InChI=1S/C13H23N3O2/c1-5-11(6-2)16(7-8-17)13(18)12-9(3)14-15-10(12)4/h11,17H,5-8H2,1-4H3,(H,14,15). The smallest absolute Gasteiger partial charge is 0.257 e. The first kappa shape index (κ1) is 14.7. The summed E-state index contributed by atoms with van der Waals surface area (Å²) >= 11 is 0. The number of rotatable bonds is 6. The van der Waals surface area contributed by atoms with E-state index in [0.717, 1.165) is 18.5 Å². The number of carbonyl (C=O) groups excluding carboxylic acids is 1. The molecule has 1 aromatic rings. The van der Waals surface area contributed by atoms with Crippen LogP contribution in [0.3, 0.4) is 0 Å². The molecule has 0 atom stereocenters. The number of hydrogen-bond donors (Lipinski definition) is 2. The Kier molecular flexibility index (Phi) is 5.34. The van der Waals surface area contributed by atoms with Crippen LogP contribution >= 0.6 is 0 Å². The fraction of sp³-hybridized carbons (Fsp3) is 0.692. The van der Waals surface area contributed by atoms with Crippen LogP contribution in [0.25, 0.3) is 0 Å². The summed E-state index contributed by atoms with van der Waals surface area (Å²) in [4.78, 5) is 14.3. The van der Waals surface area contributed by atoms with Gasteiger partial charge in [-0.05, 0) is 26.7 Å². The first-order valence-electron chi connectivity index (χ1n) is 6.50. The molecule has 0 radical (unpaired) electrons. The summed E-state index contributed by atoms with van der Waals surface area (Å²) in [7, 11) is 0. The Balaban J connectivity index is 3.03. The zero-order valence-electron chi connectivity index (χ0n) is 11.7. The SMILES string of the molecule is CCC(CC)N(CCO)C(=O)c1c(C)n[nH]c1C. The van der Waals surface area contributed by atoms with Crippen molar-refractivity contribution in [3.8, 4) is 0 Å². The summed E-state index contributed by atoms with van der Waals surface area (Å²) in [6, 6.07) is 0.165. The lowest BCUT2D eigenvalue weighted by molar-refractivity contribution is 0.0621. The summed E-state index contributed by atoms with van der Waals surface area (Å²) < 4.78 is 0. The third kappa shape index (κ3) is 2.90. The first-order chi connectivity index (χ1) is 8.56. The van der Waals surface area contributed by atoms with E-state index in [1.54, 1.807) is 4.90 Å². The van der Waals surface area contributed by atoms with Crippen molar-refractivity contribution in [2.75, 3.05) is 13.2 Å². The number of hydrogen-bond acceptors (Lipinski definition) is 3. The van der Waals surface area contributed by atoms with Gasteiger partial charge in [-0.1, -0.05) is 13.8 Å². The molecule has 0 aliphatic carbocycles. The van der Waals surface area contributed by atoms with Crippen molar-refractivity contribution in [1.82, 2.24) is 15.1 Å². The van der Waals surface area contributed by atoms with E-state index in [1.165, 1.54) is 0 Å². The minimum Gasteiger partial charge on any atom is -0.395 e. The molecule has 1 heterocycles. The zero-order chi connectivity index (χ0) is 13.7. The van der Waals surface area contributed by atoms with Gasteiger partial charge in [0.25, 0.3) is 5.91 Å². The molecule has 0 spiro atoms. The highest BCUT2D eigenvalue weighted by molar-refractivity contribution is 5.96. The predicted molar refractivity (Wildman–Crippen MR) is 70.6 cm³/mol. The molecule has 2 N–H and O–H groups in total. The monoisotopic (exact) mass is 253 g/mol. The van der Waals surface area contributed by atoms with Crippen LogP contribution in [0.5, 0.6) is 0 Å². The number of aromatic nitrogens is 2. The summed E-state index contributed by atoms with van der Waals surface area (Å²) in [6.07, 6.45) is 1.77. The van der Waals surface area contributed by atoms with Crippen molar-refractivity contribution in [3.63, 3.8) is 0 Å². The van der Waals surface area contributed by atoms with Crippen molar-refractivity contribution in [2.24, 2.45) is 0 Å². The van der Waals surface area contributed by atoms with Gasteiger partial charge in [-0.3, -0.25) is 9.89 Å². The largest absolute Gasteiger partial charge is 0.395 e. The minimum absolute atomic E-state index is 0.0157. The van der Waals surface area contributed by atoms with Gasteiger partial charge in [-0.15, -0.1) is 0 Å². The van der Waals surface area contributed by atoms with Gasteiger partial charge in [0.1, 0.15) is 0 Å². The lowest BCUT2D eigenvalue weighted by Crippen LogP contribution is -2.42. The van der Waals surface area contributed by atoms with Gasteiger partial charge in [0.05, 0.1) is 17.9 Å². The van der Waals surface area contributed by atoms with E-state index in [2.05, 4.69) is 24.0 Å². The first-order valence-corrected chi connectivity index (χ1v) is 6.50. The average molecular weight is 253 g/mol. The third-order valence-corrected chi connectivity index (χ3v) is 3.33. The second-order valence-electron chi connectivity index (χ2n) is 4.50. The number of aromatic amines is 1. The number of nitrogens with one attached hydrogen (secondary N) is 1. The molecule has 102 valence electrons. The molecule has 18 heavy (non-hydrogen) atoms. The number of carbonyl (C=O) groups is 1. The molecule has 0 unspecified atom stereocenters. The van der Waals surface area contributed by atoms with Crippen molar-refractivity contribution in [2.45, 2.75) is 46.6 Å². The second kappa shape index (κ2) is 6.54. The fourth-order valence-electron chi connectivity index (χ4n) is 2.30. The molecule has 1 rings (SSSR count). The number of amides is 1. The number of nitrogens with zero attached hydrogens (tertiary/aromatic N) is 2. The topological polar surface area (TPSA) is 69.2 Å². The maximum absolute atomic E-state index is 12.6. The molecule has 0 aliphatic rings. The number of H-pyrrole nitrogens is 1. The van der Waals surface area contributed by atoms with E-state index in [9.17, 15) is 4.79 Å². The molecular weight excluding hydrogens is 230 g/mol. The molecule has 5 nitrogen and oxygen atoms in total. The zero-order valence-corrected chi connectivity index (χ0v) is 11.7. The highest BCUT2D eigenvalue weighted by atomic mass is 16.3. The summed E-state index contributed by atoms with van der Waals surface area (Å²) in [5.74, 6) is -0.0403. The highest BCUT2D eigenvalue weighted by Crippen LogP contribution is 2.17. The Morgan fingerprint density at radius 2 is 2.00 bits per heavy atom. The van der Waals surface area contributed by atoms with Gasteiger partial charge < -0.3 is 10.0 Å². The van der Waals surface area contributed by atoms with Crippen molar-refractivity contribution in [1.29, 1.82) is 0 Å². The second-order valence-corrected chi connectivity index (χ2v) is 4.50. The van der Waals surface area contributed by atoms with Crippen LogP contribution in [0.1, 0.15) is 48.4 Å². The molecule has 0 fully saturated rings. The Morgan fingerprint density at radius 1 is 1.39 bits per heavy atom. The molecule has 0 aliphatic heterocycles. The third-order valence-electron chi connectivity index (χ3n) is 3.33. The highest BCUT2D eigenvalue weighted by Gasteiger charge is 2.25. The number of aliphatic hydroxyl groups is 1. The quantitative estimate of drug-likeness (QED) is 0.810. The van der Waals surface area contributed by atoms with E-state index in [1.807, 2.05) is 13.8 Å². The fourth-order valence-corrected chi connectivity index (χ4v) is 2.30. The van der Waals surface area contributed by atoms with Crippen LogP contribution in [-0.2, 0) is 0 Å². The Labute approximate surface area is 108 Å². The van der Waals surface area contributed by atoms with E-state index in [4.69, 9.17) is 5.11 Å². The average Bonchev–Trinajstić information content (AvgIpc) is 2.68. The summed E-state index contributed by atoms with van der Waals surface area (Å²) in [6.45, 7) is 8.13. The normalized spacial score (nSPS) is 11.0. The maximum Gasteiger partial charge on any atom is 0.257 e. The van der Waals surface area contributed by atoms with Crippen LogP contribution in [0.2, 0.25) is 0 Å². The molecule has 0 bridgehead atoms. The van der Waals surface area contributed by atoms with Crippen molar-refractivity contribution >= 4 is 5.91 Å². The van der Waals surface area contributed by atoms with Crippen LogP contribution in [0.4, 0.5) is 0 Å². The van der Waals surface area contributed by atoms with E-state index in [-0.39, 0.29) is 18.6 Å². The Bertz CT molecular complexity index is 377. The van der Waals surface area contributed by atoms with E-state index < -0.39 is 0 Å². The molecule has 1 aromatic heterocycles. The van der Waals surface area contributed by atoms with Crippen molar-refractivity contribution < 1.29 is 9.90 Å². The lowest BCUT2D eigenvalue weighted by Gasteiger charge is -2.30. The van der Waals surface area contributed by atoms with Crippen LogP contribution < -0.4 is 0 Å². The van der Waals surface area contributed by atoms with Crippen LogP contribution in [0, 0.1) is 13.8 Å². The van der Waals surface area contributed by atoms with Gasteiger partial charge in [0, 0.05) is 18.3 Å². The minimum atomic E-state index is -0.0403. The predicted octanol–water partition coefficient (Wildman–Crippen LogP) is 1.65. The maximum atomic E-state index is 12.6. The Morgan fingerprint density at radius 3 is 2.39 bits per heavy atom. The van der Waals surface area contributed by atoms with Gasteiger partial charge in [0.15, 0.2) is 0 Å². The van der Waals surface area contributed by atoms with Gasteiger partial charge in [0.2, 0.25) is 0 Å². The summed E-state index contributed by atoms with van der Waals surface area (Å²) in [5.41, 5.74) is 2.13. The van der Waals surface area contributed by atoms with Crippen LogP contribution in [-0.4, -0.2) is 45.3 Å². The van der Waals surface area contributed by atoms with E-state index >= 15 is 0 Å². The molecular formula is C13H23N3O2. The van der Waals surface area contributed by atoms with Crippen molar-refractivity contribution in [3.05, 3.63) is 17.0 Å². The van der Waals surface area contributed by atoms with Gasteiger partial charge >= 0.3 is 0 Å². The summed E-state index contributed by atoms with van der Waals surface area (Å²) in [5, 5.41) is 16.0. The van der Waals surface area contributed by atoms with Crippen LogP contribution in [0.15, 0.2) is 0 Å². The Hall–Kier alpha value is -1.36. The van der Waals surface area contributed by atoms with Gasteiger partial charge in [-0.25, -0.2) is 0 Å². The molecule has 0 saturated carbocycles. The van der Waals surface area contributed by atoms with Gasteiger partial charge in [-0.2, -0.15) is 5.10 Å². The van der Waals surface area contributed by atoms with E-state index in [0.29, 0.717) is 17.8 Å². The molecule has 0 aromatic carbocycles. The number of aryl methyl sites for hydroxylation is 2. The molecule has 1 amide bonds. The molecule has 5 heteroatoms.